The van der Waals surface area contributed by atoms with Crippen LogP contribution in [0.1, 0.15) is 35.2 Å². The molecule has 0 radical (unpaired) electrons. The Labute approximate surface area is 217 Å². The second-order valence-corrected chi connectivity index (χ2v) is 9.38. The van der Waals surface area contributed by atoms with Crippen LogP contribution in [0.3, 0.4) is 0 Å². The maximum atomic E-state index is 13.3. The summed E-state index contributed by atoms with van der Waals surface area (Å²) in [6.07, 6.45) is 4.20. The van der Waals surface area contributed by atoms with Crippen LogP contribution >= 0.6 is 0 Å². The van der Waals surface area contributed by atoms with Crippen LogP contribution < -0.4 is 20.9 Å². The topological polar surface area (TPSA) is 73.5 Å². The monoisotopic (exact) mass is 492 g/mol. The van der Waals surface area contributed by atoms with Gasteiger partial charge in [0.05, 0.1) is 11.3 Å². The number of carbonyl (C=O) groups excluding carboxylic acids is 2. The number of fused-ring (bicyclic) bond motifs is 1. The van der Waals surface area contributed by atoms with Gasteiger partial charge in [-0.2, -0.15) is 0 Å². The molecule has 1 aliphatic heterocycles. The molecule has 4 aromatic carbocycles. The Morgan fingerprint density at radius 3 is 2.35 bits per heavy atom. The van der Waals surface area contributed by atoms with Gasteiger partial charge in [-0.1, -0.05) is 66.7 Å². The predicted molar refractivity (Wildman–Crippen MR) is 152 cm³/mol. The number of hydrogen-bond donors (Lipinski definition) is 3. The molecule has 6 heteroatoms. The molecule has 3 N–H and O–H groups in total. The summed E-state index contributed by atoms with van der Waals surface area (Å²) in [7, 11) is 0. The summed E-state index contributed by atoms with van der Waals surface area (Å²) in [6, 6.07) is 29.1. The van der Waals surface area contributed by atoms with Crippen molar-refractivity contribution in [3.63, 3.8) is 0 Å². The zero-order valence-electron chi connectivity index (χ0n) is 20.9. The van der Waals surface area contributed by atoms with Crippen molar-refractivity contribution in [2.24, 2.45) is 0 Å². The molecule has 3 amide bonds. The average Bonchev–Trinajstić information content (AvgIpc) is 2.94. The number of nitrogens with one attached hydrogen (secondary N) is 3. The molecule has 0 bridgehead atoms. The van der Waals surface area contributed by atoms with Crippen LogP contribution in [-0.2, 0) is 6.42 Å². The van der Waals surface area contributed by atoms with E-state index in [0.717, 1.165) is 54.5 Å². The van der Waals surface area contributed by atoms with Gasteiger partial charge in [0.25, 0.3) is 5.91 Å². The van der Waals surface area contributed by atoms with E-state index >= 15 is 0 Å². The molecule has 0 spiro atoms. The SMILES string of the molecule is O=C(Nc1ccc(N2CCCCC2)c(C(=O)NCCc2ccccc2)c1)Nc1cccc2ccccc12. The van der Waals surface area contributed by atoms with E-state index in [9.17, 15) is 9.59 Å². The first kappa shape index (κ1) is 24.4. The highest BCUT2D eigenvalue weighted by molar-refractivity contribution is 6.07. The molecule has 37 heavy (non-hydrogen) atoms. The average molecular weight is 493 g/mol. The van der Waals surface area contributed by atoms with E-state index in [1.54, 1.807) is 6.07 Å². The standard InChI is InChI=1S/C31H32N4O2/c36-30(32-19-18-23-10-3-1-4-11-23)27-22-25(16-17-29(27)35-20-7-2-8-21-35)33-31(37)34-28-15-9-13-24-12-5-6-14-26(24)28/h1,3-6,9-17,22H,2,7-8,18-21H2,(H,32,36)(H2,33,34,37). The maximum Gasteiger partial charge on any atom is 0.323 e. The number of amides is 3. The van der Waals surface area contributed by atoms with Gasteiger partial charge in [-0.05, 0) is 60.9 Å². The third-order valence-corrected chi connectivity index (χ3v) is 6.78. The number of benzene rings is 4. The molecule has 0 aromatic heterocycles. The van der Waals surface area contributed by atoms with Gasteiger partial charge >= 0.3 is 6.03 Å². The van der Waals surface area contributed by atoms with Crippen LogP contribution in [0.5, 0.6) is 0 Å². The Bertz CT molecular complexity index is 1380. The van der Waals surface area contributed by atoms with Gasteiger partial charge in [-0.25, -0.2) is 4.79 Å². The van der Waals surface area contributed by atoms with Crippen molar-refractivity contribution in [3.8, 4) is 0 Å². The van der Waals surface area contributed by atoms with E-state index in [0.29, 0.717) is 17.8 Å². The predicted octanol–water partition coefficient (Wildman–Crippen LogP) is 6.45. The van der Waals surface area contributed by atoms with Crippen molar-refractivity contribution >= 4 is 39.8 Å². The first-order chi connectivity index (χ1) is 18.2. The van der Waals surface area contributed by atoms with Crippen LogP contribution in [0, 0.1) is 0 Å². The molecular weight excluding hydrogens is 460 g/mol. The largest absolute Gasteiger partial charge is 0.371 e. The highest BCUT2D eigenvalue weighted by atomic mass is 16.2. The quantitative estimate of drug-likeness (QED) is 0.278. The molecule has 0 atom stereocenters. The van der Waals surface area contributed by atoms with E-state index in [2.05, 4.69) is 33.0 Å². The molecular formula is C31H32N4O2. The van der Waals surface area contributed by atoms with E-state index in [-0.39, 0.29) is 11.9 Å². The summed E-state index contributed by atoms with van der Waals surface area (Å²) in [5.41, 5.74) is 3.99. The van der Waals surface area contributed by atoms with E-state index in [1.807, 2.05) is 72.8 Å². The first-order valence-corrected chi connectivity index (χ1v) is 12.9. The Balaban J connectivity index is 1.32. The van der Waals surface area contributed by atoms with Gasteiger partial charge in [-0.3, -0.25) is 4.79 Å². The third-order valence-electron chi connectivity index (χ3n) is 6.78. The second kappa shape index (κ2) is 11.6. The zero-order valence-corrected chi connectivity index (χ0v) is 20.9. The third kappa shape index (κ3) is 6.09. The number of anilines is 3. The molecule has 1 fully saturated rings. The molecule has 5 rings (SSSR count). The fourth-order valence-electron chi connectivity index (χ4n) is 4.89. The van der Waals surface area contributed by atoms with Crippen molar-refractivity contribution < 1.29 is 9.59 Å². The van der Waals surface area contributed by atoms with Crippen LogP contribution in [-0.4, -0.2) is 31.6 Å². The minimum Gasteiger partial charge on any atom is -0.371 e. The molecule has 0 aliphatic carbocycles. The summed E-state index contributed by atoms with van der Waals surface area (Å²) in [5, 5.41) is 11.0. The minimum absolute atomic E-state index is 0.130. The lowest BCUT2D eigenvalue weighted by Gasteiger charge is -2.30. The van der Waals surface area contributed by atoms with Gasteiger partial charge in [0.2, 0.25) is 0 Å². The first-order valence-electron chi connectivity index (χ1n) is 12.9. The van der Waals surface area contributed by atoms with Gasteiger partial charge in [0.15, 0.2) is 0 Å². The van der Waals surface area contributed by atoms with E-state index in [4.69, 9.17) is 0 Å². The van der Waals surface area contributed by atoms with Gasteiger partial charge in [0.1, 0.15) is 0 Å². The molecule has 188 valence electrons. The Morgan fingerprint density at radius 2 is 1.51 bits per heavy atom. The fraction of sp³-hybridized carbons (Fsp3) is 0.226. The number of nitrogens with zero attached hydrogens (tertiary/aromatic N) is 1. The Hall–Kier alpha value is -4.32. The van der Waals surface area contributed by atoms with Crippen LogP contribution in [0.25, 0.3) is 10.8 Å². The maximum absolute atomic E-state index is 13.3. The highest BCUT2D eigenvalue weighted by Gasteiger charge is 2.20. The highest BCUT2D eigenvalue weighted by Crippen LogP contribution is 2.28. The van der Waals surface area contributed by atoms with E-state index in [1.165, 1.54) is 12.0 Å². The number of rotatable bonds is 7. The molecule has 0 unspecified atom stereocenters. The smallest absolute Gasteiger partial charge is 0.323 e. The molecule has 1 heterocycles. The molecule has 1 saturated heterocycles. The van der Waals surface area contributed by atoms with Crippen molar-refractivity contribution in [2.75, 3.05) is 35.2 Å². The lowest BCUT2D eigenvalue weighted by molar-refractivity contribution is 0.0954. The summed E-state index contributed by atoms with van der Waals surface area (Å²) in [4.78, 5) is 28.5. The molecule has 6 nitrogen and oxygen atoms in total. The van der Waals surface area contributed by atoms with Crippen LogP contribution in [0.4, 0.5) is 21.9 Å². The second-order valence-electron chi connectivity index (χ2n) is 9.38. The summed E-state index contributed by atoms with van der Waals surface area (Å²) in [6.45, 7) is 2.40. The molecule has 1 aliphatic rings. The number of urea groups is 1. The summed E-state index contributed by atoms with van der Waals surface area (Å²) < 4.78 is 0. The van der Waals surface area contributed by atoms with Gasteiger partial charge in [0, 0.05) is 36.4 Å². The van der Waals surface area contributed by atoms with Crippen molar-refractivity contribution in [1.82, 2.24) is 5.32 Å². The lowest BCUT2D eigenvalue weighted by atomic mass is 10.1. The van der Waals surface area contributed by atoms with Crippen molar-refractivity contribution in [1.29, 1.82) is 0 Å². The van der Waals surface area contributed by atoms with E-state index < -0.39 is 0 Å². The van der Waals surface area contributed by atoms with Gasteiger partial charge < -0.3 is 20.9 Å². The number of carbonyl (C=O) groups is 2. The van der Waals surface area contributed by atoms with Crippen LogP contribution in [0.15, 0.2) is 91.0 Å². The van der Waals surface area contributed by atoms with Crippen molar-refractivity contribution in [3.05, 3.63) is 102 Å². The minimum atomic E-state index is -0.350. The number of hydrogen-bond acceptors (Lipinski definition) is 3. The van der Waals surface area contributed by atoms with Gasteiger partial charge in [-0.15, -0.1) is 0 Å². The van der Waals surface area contributed by atoms with Crippen molar-refractivity contribution in [2.45, 2.75) is 25.7 Å². The number of piperidine rings is 1. The fourth-order valence-corrected chi connectivity index (χ4v) is 4.89. The summed E-state index contributed by atoms with van der Waals surface area (Å²) >= 11 is 0. The Morgan fingerprint density at radius 1 is 0.757 bits per heavy atom. The lowest BCUT2D eigenvalue weighted by Crippen LogP contribution is -2.33. The molecule has 4 aromatic rings. The molecule has 0 saturated carbocycles. The van der Waals surface area contributed by atoms with Crippen LogP contribution in [0.2, 0.25) is 0 Å². The normalized spacial score (nSPS) is 13.2. The zero-order chi connectivity index (χ0) is 25.5. The Kier molecular flexibility index (Phi) is 7.65. The summed E-state index contributed by atoms with van der Waals surface area (Å²) in [5.74, 6) is -0.130.